The first kappa shape index (κ1) is 18.0. The average molecular weight is 400 g/mol. The number of benzene rings is 1. The molecule has 4 unspecified atom stereocenters. The molecule has 148 valence electrons. The third-order valence-corrected chi connectivity index (χ3v) is 7.02. The predicted molar refractivity (Wildman–Crippen MR) is 110 cm³/mol. The Labute approximate surface area is 166 Å². The van der Waals surface area contributed by atoms with Crippen LogP contribution >= 0.6 is 9.24 Å². The minimum atomic E-state index is -0.270. The van der Waals surface area contributed by atoms with Crippen molar-refractivity contribution in [2.75, 3.05) is 33.9 Å². The average Bonchev–Trinajstić information content (AvgIpc) is 3.08. The Morgan fingerprint density at radius 2 is 2.21 bits per heavy atom. The molecule has 0 bridgehead atoms. The van der Waals surface area contributed by atoms with E-state index in [2.05, 4.69) is 31.3 Å². The minimum absolute atomic E-state index is 0.173. The van der Waals surface area contributed by atoms with E-state index in [4.69, 9.17) is 14.2 Å². The first-order chi connectivity index (χ1) is 13.6. The number of nitrogens with zero attached hydrogens (tertiary/aromatic N) is 1. The molecule has 3 aliphatic heterocycles. The van der Waals surface area contributed by atoms with Crippen molar-refractivity contribution in [1.82, 2.24) is 9.88 Å². The Hall–Kier alpha value is -2.04. The zero-order valence-electron chi connectivity index (χ0n) is 16.2. The molecule has 3 aliphatic rings. The lowest BCUT2D eigenvalue weighted by atomic mass is 9.74. The van der Waals surface area contributed by atoms with Gasteiger partial charge < -0.3 is 19.2 Å². The van der Waals surface area contributed by atoms with Crippen LogP contribution in [0.3, 0.4) is 0 Å². The van der Waals surface area contributed by atoms with Gasteiger partial charge in [0.1, 0.15) is 5.75 Å². The lowest BCUT2D eigenvalue weighted by Gasteiger charge is -2.47. The number of carbonyl (C=O) groups is 1. The summed E-state index contributed by atoms with van der Waals surface area (Å²) in [6.07, 6.45) is 3.53. The van der Waals surface area contributed by atoms with Gasteiger partial charge in [0.2, 0.25) is 0 Å². The van der Waals surface area contributed by atoms with Gasteiger partial charge in [-0.2, -0.15) is 0 Å². The summed E-state index contributed by atoms with van der Waals surface area (Å²) in [6, 6.07) is 4.56. The number of nitrogens with one attached hydrogen (secondary N) is 1. The van der Waals surface area contributed by atoms with Crippen molar-refractivity contribution < 1.29 is 19.0 Å². The fourth-order valence-electron chi connectivity index (χ4n) is 5.20. The van der Waals surface area contributed by atoms with Crippen LogP contribution < -0.4 is 10.0 Å². The number of H-pyrrole nitrogens is 1. The van der Waals surface area contributed by atoms with Crippen molar-refractivity contribution in [3.05, 3.63) is 35.2 Å². The zero-order valence-corrected chi connectivity index (χ0v) is 17.3. The van der Waals surface area contributed by atoms with Crippen LogP contribution in [0.15, 0.2) is 24.0 Å². The molecule has 0 amide bonds. The largest absolute Gasteiger partial charge is 0.500 e. The van der Waals surface area contributed by atoms with E-state index in [0.717, 1.165) is 42.5 Å². The van der Waals surface area contributed by atoms with Crippen LogP contribution in [0.4, 0.5) is 0 Å². The maximum atomic E-state index is 12.3. The second-order valence-electron chi connectivity index (χ2n) is 7.92. The Balaban J connectivity index is 1.55. The number of fused-ring (bicyclic) bond motifs is 6. The van der Waals surface area contributed by atoms with E-state index in [0.29, 0.717) is 18.1 Å². The van der Waals surface area contributed by atoms with E-state index in [9.17, 15) is 4.79 Å². The fraction of sp³-hybridized carbons (Fsp3) is 0.476. The van der Waals surface area contributed by atoms with Crippen LogP contribution in [0.25, 0.3) is 10.9 Å². The highest BCUT2D eigenvalue weighted by Crippen LogP contribution is 2.46. The molecule has 1 aromatic heterocycles. The Morgan fingerprint density at radius 1 is 1.36 bits per heavy atom. The van der Waals surface area contributed by atoms with Crippen molar-refractivity contribution in [2.24, 2.45) is 11.8 Å². The van der Waals surface area contributed by atoms with Crippen molar-refractivity contribution in [3.63, 3.8) is 0 Å². The summed E-state index contributed by atoms with van der Waals surface area (Å²) < 4.78 is 16.1. The molecule has 1 saturated heterocycles. The molecule has 28 heavy (non-hydrogen) atoms. The van der Waals surface area contributed by atoms with Gasteiger partial charge >= 0.3 is 5.97 Å². The Kier molecular flexibility index (Phi) is 4.37. The van der Waals surface area contributed by atoms with Crippen LogP contribution in [0.2, 0.25) is 0 Å². The predicted octanol–water partition coefficient (Wildman–Crippen LogP) is 2.30. The third-order valence-electron chi connectivity index (χ3n) is 6.57. The zero-order chi connectivity index (χ0) is 19.4. The van der Waals surface area contributed by atoms with Crippen molar-refractivity contribution in [1.29, 1.82) is 0 Å². The van der Waals surface area contributed by atoms with Gasteiger partial charge in [-0.15, -0.1) is 9.24 Å². The highest BCUT2D eigenvalue weighted by atomic mass is 31.0. The van der Waals surface area contributed by atoms with Gasteiger partial charge in [-0.1, -0.05) is 0 Å². The molecule has 7 heteroatoms. The number of aromatic amines is 1. The van der Waals surface area contributed by atoms with Crippen LogP contribution in [0, 0.1) is 11.8 Å². The summed E-state index contributed by atoms with van der Waals surface area (Å²) in [5.74, 6) is 1.13. The number of rotatable bonds is 2. The normalized spacial score (nSPS) is 26.5. The first-order valence-electron chi connectivity index (χ1n) is 9.72. The summed E-state index contributed by atoms with van der Waals surface area (Å²) in [5.41, 5.74) is 4.49. The van der Waals surface area contributed by atoms with Gasteiger partial charge in [0.25, 0.3) is 0 Å². The molecule has 4 heterocycles. The molecule has 0 saturated carbocycles. The molecular weight excluding hydrogens is 375 g/mol. The molecule has 1 fully saturated rings. The van der Waals surface area contributed by atoms with Gasteiger partial charge in [0, 0.05) is 46.8 Å². The first-order valence-corrected chi connectivity index (χ1v) is 10.3. The van der Waals surface area contributed by atoms with Crippen LogP contribution in [-0.4, -0.2) is 49.8 Å². The van der Waals surface area contributed by atoms with Gasteiger partial charge in [-0.05, 0) is 30.5 Å². The standard InChI is InChI=1S/C21H25N2O4P/c1-25-18-6-14-12-3-4-23-8-11-9-27-10-15(21(24)26-2)13(11)5-17(23)20(12)22-16(14)7-19(18)28/h6-7,10-11,13,17,22H,3-5,8-9,28H2,1-2H3. The van der Waals surface area contributed by atoms with Crippen molar-refractivity contribution >= 4 is 31.4 Å². The Bertz CT molecular complexity index is 982. The monoisotopic (exact) mass is 400 g/mol. The molecular formula is C21H25N2O4P. The number of carbonyl (C=O) groups excluding carboxylic acids is 1. The van der Waals surface area contributed by atoms with Gasteiger partial charge in [0.15, 0.2) is 0 Å². The van der Waals surface area contributed by atoms with E-state index in [1.54, 1.807) is 13.4 Å². The second-order valence-corrected chi connectivity index (χ2v) is 8.54. The summed E-state index contributed by atoms with van der Waals surface area (Å²) in [5, 5.41) is 2.30. The molecule has 0 aliphatic carbocycles. The maximum absolute atomic E-state index is 12.3. The number of hydrogen-bond donors (Lipinski definition) is 1. The van der Waals surface area contributed by atoms with Crippen LogP contribution in [0.1, 0.15) is 23.7 Å². The number of hydrogen-bond acceptors (Lipinski definition) is 5. The van der Waals surface area contributed by atoms with E-state index in [-0.39, 0.29) is 17.9 Å². The van der Waals surface area contributed by atoms with Gasteiger partial charge in [-0.3, -0.25) is 4.90 Å². The van der Waals surface area contributed by atoms with Crippen LogP contribution in [-0.2, 0) is 20.7 Å². The number of esters is 1. The highest BCUT2D eigenvalue weighted by Gasteiger charge is 2.44. The lowest BCUT2D eigenvalue weighted by molar-refractivity contribution is -0.138. The van der Waals surface area contributed by atoms with Gasteiger partial charge in [-0.25, -0.2) is 4.79 Å². The number of aromatic nitrogens is 1. The number of piperidine rings is 1. The van der Waals surface area contributed by atoms with E-state index >= 15 is 0 Å². The molecule has 6 nitrogen and oxygen atoms in total. The maximum Gasteiger partial charge on any atom is 0.337 e. The number of methoxy groups -OCH3 is 2. The molecule has 5 rings (SSSR count). The van der Waals surface area contributed by atoms with Gasteiger partial charge in [0.05, 0.1) is 38.7 Å². The highest BCUT2D eigenvalue weighted by molar-refractivity contribution is 7.27. The molecule has 2 aromatic rings. The van der Waals surface area contributed by atoms with E-state index < -0.39 is 0 Å². The second kappa shape index (κ2) is 6.78. The smallest absolute Gasteiger partial charge is 0.337 e. The van der Waals surface area contributed by atoms with E-state index in [1.165, 1.54) is 23.8 Å². The Morgan fingerprint density at radius 3 is 3.00 bits per heavy atom. The minimum Gasteiger partial charge on any atom is -0.500 e. The SMILES string of the molecule is COC(=O)C1=COCC2CN3CCc4c([nH]c5cc(P)c(OC)cc45)C3CC12. The quantitative estimate of drug-likeness (QED) is 0.619. The summed E-state index contributed by atoms with van der Waals surface area (Å²) in [4.78, 5) is 18.5. The lowest BCUT2D eigenvalue weighted by Crippen LogP contribution is -2.49. The fourth-order valence-corrected chi connectivity index (χ4v) is 5.57. The molecule has 0 radical (unpaired) electrons. The summed E-state index contributed by atoms with van der Waals surface area (Å²) in [6.45, 7) is 2.63. The van der Waals surface area contributed by atoms with Crippen molar-refractivity contribution in [2.45, 2.75) is 18.9 Å². The molecule has 1 N–H and O–H groups in total. The summed E-state index contributed by atoms with van der Waals surface area (Å²) in [7, 11) is 5.90. The van der Waals surface area contributed by atoms with Crippen LogP contribution in [0.5, 0.6) is 5.75 Å². The van der Waals surface area contributed by atoms with Crippen molar-refractivity contribution in [3.8, 4) is 5.75 Å². The number of ether oxygens (including phenoxy) is 3. The third kappa shape index (κ3) is 2.66. The topological polar surface area (TPSA) is 63.8 Å². The molecule has 4 atom stereocenters. The molecule has 1 aromatic carbocycles. The van der Waals surface area contributed by atoms with E-state index in [1.807, 2.05) is 0 Å². The molecule has 0 spiro atoms. The summed E-state index contributed by atoms with van der Waals surface area (Å²) >= 11 is 0.